The standard InChI is InChI=1S/C20H30N2O4/c1-11(23)8-14-15-9-13-17(16(22(15)4)10-21(14)3)20(26-7)19(25-6)12(2)18(13)24-5/h14-16H,8-10H2,1-7H3/t14-,15-,16-/m0/s1. The molecule has 2 bridgehead atoms. The van der Waals surface area contributed by atoms with Gasteiger partial charge in [-0.3, -0.25) is 14.6 Å². The van der Waals surface area contributed by atoms with Crippen molar-refractivity contribution in [1.82, 2.24) is 9.80 Å². The zero-order valence-electron chi connectivity index (χ0n) is 16.9. The molecule has 2 aliphatic rings. The largest absolute Gasteiger partial charge is 0.496 e. The minimum atomic E-state index is 0.176. The van der Waals surface area contributed by atoms with Gasteiger partial charge in [0.2, 0.25) is 0 Å². The molecule has 0 amide bonds. The highest BCUT2D eigenvalue weighted by molar-refractivity contribution is 5.76. The van der Waals surface area contributed by atoms with E-state index in [4.69, 9.17) is 14.2 Å². The van der Waals surface area contributed by atoms with Crippen LogP contribution < -0.4 is 14.2 Å². The van der Waals surface area contributed by atoms with Gasteiger partial charge in [0.25, 0.3) is 0 Å². The number of likely N-dealkylation sites (N-methyl/N-ethyl adjacent to an activating group) is 2. The van der Waals surface area contributed by atoms with E-state index in [1.165, 1.54) is 5.56 Å². The number of piperazine rings is 1. The molecule has 2 aliphatic heterocycles. The Hall–Kier alpha value is -1.79. The van der Waals surface area contributed by atoms with Crippen molar-refractivity contribution in [3.05, 3.63) is 16.7 Å². The Labute approximate surface area is 156 Å². The molecule has 0 radical (unpaired) electrons. The molecule has 3 atom stereocenters. The highest BCUT2D eigenvalue weighted by Crippen LogP contribution is 2.52. The molecule has 26 heavy (non-hydrogen) atoms. The molecule has 0 aliphatic carbocycles. The van der Waals surface area contributed by atoms with E-state index in [1.807, 2.05) is 6.92 Å². The molecule has 1 aromatic carbocycles. The Morgan fingerprint density at radius 1 is 1.08 bits per heavy atom. The zero-order chi connectivity index (χ0) is 19.2. The zero-order valence-corrected chi connectivity index (χ0v) is 16.9. The van der Waals surface area contributed by atoms with Crippen LogP contribution in [0.15, 0.2) is 0 Å². The Morgan fingerprint density at radius 3 is 2.23 bits per heavy atom. The first kappa shape index (κ1) is 19.0. The van der Waals surface area contributed by atoms with Crippen LogP contribution in [0.3, 0.4) is 0 Å². The maximum atomic E-state index is 11.8. The smallest absolute Gasteiger partial charge is 0.167 e. The average Bonchev–Trinajstić information content (AvgIpc) is 2.59. The first-order valence-electron chi connectivity index (χ1n) is 9.08. The number of rotatable bonds is 5. The van der Waals surface area contributed by atoms with E-state index in [0.717, 1.165) is 41.3 Å². The molecule has 1 saturated heterocycles. The van der Waals surface area contributed by atoms with Gasteiger partial charge < -0.3 is 14.2 Å². The van der Waals surface area contributed by atoms with Crippen molar-refractivity contribution in [2.24, 2.45) is 0 Å². The van der Waals surface area contributed by atoms with Gasteiger partial charge in [-0.25, -0.2) is 0 Å². The van der Waals surface area contributed by atoms with E-state index in [2.05, 4.69) is 23.9 Å². The topological polar surface area (TPSA) is 51.2 Å². The van der Waals surface area contributed by atoms with Gasteiger partial charge in [0.1, 0.15) is 11.5 Å². The second-order valence-electron chi connectivity index (χ2n) is 7.48. The normalized spacial score (nSPS) is 25.6. The second kappa shape index (κ2) is 7.08. The van der Waals surface area contributed by atoms with Crippen molar-refractivity contribution >= 4 is 5.78 Å². The number of hydrogen-bond acceptors (Lipinski definition) is 6. The summed E-state index contributed by atoms with van der Waals surface area (Å²) in [5, 5.41) is 0. The Bertz CT molecular complexity index is 718. The quantitative estimate of drug-likeness (QED) is 0.801. The molecule has 6 heteroatoms. The maximum absolute atomic E-state index is 11.8. The molecule has 144 valence electrons. The first-order valence-corrected chi connectivity index (χ1v) is 9.08. The lowest BCUT2D eigenvalue weighted by atomic mass is 9.79. The van der Waals surface area contributed by atoms with Crippen molar-refractivity contribution < 1.29 is 19.0 Å². The molecule has 3 rings (SSSR count). The number of fused-ring (bicyclic) bond motifs is 4. The van der Waals surface area contributed by atoms with Gasteiger partial charge in [0.05, 0.1) is 27.4 Å². The fourth-order valence-electron chi connectivity index (χ4n) is 4.87. The van der Waals surface area contributed by atoms with Gasteiger partial charge in [-0.1, -0.05) is 0 Å². The Kier molecular flexibility index (Phi) is 5.17. The van der Waals surface area contributed by atoms with Gasteiger partial charge in [0, 0.05) is 41.7 Å². The maximum Gasteiger partial charge on any atom is 0.167 e. The number of carbonyl (C=O) groups excluding carboxylic acids is 1. The van der Waals surface area contributed by atoms with Crippen LogP contribution in [0.4, 0.5) is 0 Å². The van der Waals surface area contributed by atoms with Crippen LogP contribution in [0.2, 0.25) is 0 Å². The minimum Gasteiger partial charge on any atom is -0.496 e. The van der Waals surface area contributed by atoms with E-state index >= 15 is 0 Å². The molecule has 0 saturated carbocycles. The molecule has 2 heterocycles. The number of carbonyl (C=O) groups is 1. The molecule has 0 N–H and O–H groups in total. The van der Waals surface area contributed by atoms with Gasteiger partial charge >= 0.3 is 0 Å². The van der Waals surface area contributed by atoms with E-state index in [1.54, 1.807) is 28.3 Å². The fourth-order valence-corrected chi connectivity index (χ4v) is 4.87. The number of Topliss-reactive ketones (excluding diaryl/α,β-unsaturated/α-hetero) is 1. The van der Waals surface area contributed by atoms with Crippen LogP contribution in [-0.2, 0) is 11.2 Å². The van der Waals surface area contributed by atoms with E-state index in [-0.39, 0.29) is 23.9 Å². The first-order chi connectivity index (χ1) is 12.3. The van der Waals surface area contributed by atoms with Crippen LogP contribution >= 0.6 is 0 Å². The van der Waals surface area contributed by atoms with Crippen molar-refractivity contribution in [3.63, 3.8) is 0 Å². The lowest BCUT2D eigenvalue weighted by molar-refractivity contribution is -0.120. The molecular formula is C20H30N2O4. The van der Waals surface area contributed by atoms with Gasteiger partial charge in [-0.15, -0.1) is 0 Å². The van der Waals surface area contributed by atoms with Crippen molar-refractivity contribution in [2.45, 2.75) is 44.8 Å². The summed E-state index contributed by atoms with van der Waals surface area (Å²) in [6.45, 7) is 4.52. The summed E-state index contributed by atoms with van der Waals surface area (Å²) >= 11 is 0. The highest BCUT2D eigenvalue weighted by Gasteiger charge is 2.46. The third-order valence-electron chi connectivity index (χ3n) is 6.07. The van der Waals surface area contributed by atoms with Crippen LogP contribution in [0.25, 0.3) is 0 Å². The number of nitrogens with zero attached hydrogens (tertiary/aromatic N) is 2. The summed E-state index contributed by atoms with van der Waals surface area (Å²) in [5.74, 6) is 2.65. The van der Waals surface area contributed by atoms with E-state index in [9.17, 15) is 4.79 Å². The third-order valence-corrected chi connectivity index (χ3v) is 6.07. The van der Waals surface area contributed by atoms with Gasteiger partial charge in [-0.05, 0) is 34.4 Å². The summed E-state index contributed by atoms with van der Waals surface area (Å²) in [5.41, 5.74) is 3.31. The molecule has 1 fully saturated rings. The van der Waals surface area contributed by atoms with Crippen molar-refractivity contribution in [1.29, 1.82) is 0 Å². The van der Waals surface area contributed by atoms with E-state index in [0.29, 0.717) is 6.42 Å². The van der Waals surface area contributed by atoms with Crippen molar-refractivity contribution in [2.75, 3.05) is 42.0 Å². The number of ether oxygens (including phenoxy) is 3. The molecule has 0 aromatic heterocycles. The lowest BCUT2D eigenvalue weighted by Gasteiger charge is -2.53. The van der Waals surface area contributed by atoms with Gasteiger partial charge in [-0.2, -0.15) is 0 Å². The number of methoxy groups -OCH3 is 3. The van der Waals surface area contributed by atoms with Crippen LogP contribution in [-0.4, -0.2) is 69.6 Å². The monoisotopic (exact) mass is 362 g/mol. The average molecular weight is 362 g/mol. The lowest BCUT2D eigenvalue weighted by Crippen LogP contribution is -2.61. The van der Waals surface area contributed by atoms with Crippen LogP contribution in [0.5, 0.6) is 17.2 Å². The van der Waals surface area contributed by atoms with Crippen LogP contribution in [0.1, 0.15) is 36.1 Å². The minimum absolute atomic E-state index is 0.176. The number of benzene rings is 1. The second-order valence-corrected chi connectivity index (χ2v) is 7.48. The predicted octanol–water partition coefficient (Wildman–Crippen LogP) is 2.21. The molecule has 6 nitrogen and oxygen atoms in total. The summed E-state index contributed by atoms with van der Waals surface area (Å²) in [6.07, 6.45) is 1.40. The predicted molar refractivity (Wildman–Crippen MR) is 101 cm³/mol. The SMILES string of the molecule is COc1c(C)c(OC)c(OC)c2c1C[C@H]1[C@H](CC(C)=O)N(C)C[C@@H]2N1C. The molecular weight excluding hydrogens is 332 g/mol. The molecule has 1 aromatic rings. The van der Waals surface area contributed by atoms with Crippen molar-refractivity contribution in [3.8, 4) is 17.2 Å². The number of hydrogen-bond donors (Lipinski definition) is 0. The summed E-state index contributed by atoms with van der Waals surface area (Å²) in [6, 6.07) is 0.650. The summed E-state index contributed by atoms with van der Waals surface area (Å²) < 4.78 is 17.3. The highest BCUT2D eigenvalue weighted by atomic mass is 16.5. The molecule has 0 unspecified atom stereocenters. The van der Waals surface area contributed by atoms with Crippen LogP contribution in [0, 0.1) is 6.92 Å². The Balaban J connectivity index is 2.20. The number of ketones is 1. The fraction of sp³-hybridized carbons (Fsp3) is 0.650. The summed E-state index contributed by atoms with van der Waals surface area (Å²) in [7, 11) is 9.34. The third kappa shape index (κ3) is 2.76. The Morgan fingerprint density at radius 2 is 1.69 bits per heavy atom. The van der Waals surface area contributed by atoms with E-state index < -0.39 is 0 Å². The summed E-state index contributed by atoms with van der Waals surface area (Å²) in [4.78, 5) is 16.5. The van der Waals surface area contributed by atoms with Gasteiger partial charge in [0.15, 0.2) is 11.5 Å². The molecule has 0 spiro atoms.